The first kappa shape index (κ1) is 2.22. The summed E-state index contributed by atoms with van der Waals surface area (Å²) >= 11 is 2.93. The highest BCUT2D eigenvalue weighted by Crippen LogP contribution is 2.27. The standard InChI is InChI=1S/C8H9BrN2/c9-7-6-10-3-2-8(7)11-4-1-5-11/h2-3,6H,1,4-5H2/i1D2,2D,3D,4D2,5D2,6D. The van der Waals surface area contributed by atoms with Crippen molar-refractivity contribution in [3.8, 4) is 0 Å². The molecule has 0 unspecified atom stereocenters. The van der Waals surface area contributed by atoms with E-state index in [2.05, 4.69) is 20.9 Å². The molecule has 1 fully saturated rings. The molecule has 0 saturated carbocycles. The van der Waals surface area contributed by atoms with Gasteiger partial charge in [-0.25, -0.2) is 0 Å². The second-order valence-electron chi connectivity index (χ2n) is 1.81. The van der Waals surface area contributed by atoms with Crippen molar-refractivity contribution in [1.29, 1.82) is 0 Å². The molecule has 1 aliphatic rings. The summed E-state index contributed by atoms with van der Waals surface area (Å²) < 4.78 is 68.3. The van der Waals surface area contributed by atoms with Crippen molar-refractivity contribution >= 4 is 21.6 Å². The zero-order valence-electron chi connectivity index (χ0n) is 14.3. The zero-order valence-corrected chi connectivity index (χ0v) is 6.86. The fourth-order valence-electron chi connectivity index (χ4n) is 0.643. The van der Waals surface area contributed by atoms with Crippen molar-refractivity contribution < 1.29 is 12.3 Å². The summed E-state index contributed by atoms with van der Waals surface area (Å²) in [6.45, 7) is -5.43. The summed E-state index contributed by atoms with van der Waals surface area (Å²) in [6.07, 6.45) is -3.84. The third-order valence-corrected chi connectivity index (χ3v) is 1.70. The van der Waals surface area contributed by atoms with Gasteiger partial charge in [0.2, 0.25) is 0 Å². The Balaban J connectivity index is 2.71. The van der Waals surface area contributed by atoms with E-state index in [1.807, 2.05) is 0 Å². The molecule has 0 atom stereocenters. The van der Waals surface area contributed by atoms with Crippen LogP contribution < -0.4 is 4.90 Å². The Labute approximate surface area is 87.0 Å². The van der Waals surface area contributed by atoms with Crippen LogP contribution in [-0.2, 0) is 0 Å². The van der Waals surface area contributed by atoms with Gasteiger partial charge in [-0.2, -0.15) is 0 Å². The van der Waals surface area contributed by atoms with E-state index in [0.717, 1.165) is 0 Å². The summed E-state index contributed by atoms with van der Waals surface area (Å²) in [5.74, 6) is 0. The van der Waals surface area contributed by atoms with Gasteiger partial charge in [-0.1, -0.05) is 0 Å². The lowest BCUT2D eigenvalue weighted by Crippen LogP contribution is -2.37. The molecule has 2 nitrogen and oxygen atoms in total. The highest BCUT2D eigenvalue weighted by molar-refractivity contribution is 9.10. The molecule has 0 aromatic carbocycles. The molecule has 0 bridgehead atoms. The first-order valence-corrected chi connectivity index (χ1v) is 3.60. The predicted octanol–water partition coefficient (Wildman–Crippen LogP) is 2.05. The van der Waals surface area contributed by atoms with E-state index in [1.54, 1.807) is 0 Å². The van der Waals surface area contributed by atoms with Gasteiger partial charge in [0.15, 0.2) is 0 Å². The average molecular weight is 222 g/mol. The summed E-state index contributed by atoms with van der Waals surface area (Å²) in [5.41, 5.74) is -0.389. The normalized spacial score (nSPS) is 41.9. The van der Waals surface area contributed by atoms with E-state index in [9.17, 15) is 0 Å². The number of anilines is 1. The fraction of sp³-hybridized carbons (Fsp3) is 0.375. The van der Waals surface area contributed by atoms with Crippen LogP contribution in [0.4, 0.5) is 5.69 Å². The Morgan fingerprint density at radius 2 is 2.55 bits per heavy atom. The molecule has 1 aliphatic heterocycles. The number of nitrogens with zero attached hydrogens (tertiary/aromatic N) is 2. The first-order valence-electron chi connectivity index (χ1n) is 7.31. The Hall–Kier alpha value is -0.570. The minimum absolute atomic E-state index is 0.151. The van der Waals surface area contributed by atoms with Crippen LogP contribution in [0.5, 0.6) is 0 Å². The summed E-state index contributed by atoms with van der Waals surface area (Å²) in [7, 11) is 0. The van der Waals surface area contributed by atoms with E-state index < -0.39 is 37.8 Å². The second-order valence-corrected chi connectivity index (χ2v) is 2.60. The summed E-state index contributed by atoms with van der Waals surface area (Å²) in [5, 5.41) is 0. The van der Waals surface area contributed by atoms with Crippen molar-refractivity contribution in [2.45, 2.75) is 6.37 Å². The van der Waals surface area contributed by atoms with E-state index >= 15 is 0 Å². The van der Waals surface area contributed by atoms with Crippen molar-refractivity contribution in [2.24, 2.45) is 0 Å². The Morgan fingerprint density at radius 1 is 1.73 bits per heavy atom. The fourth-order valence-corrected chi connectivity index (χ4v) is 1.01. The molecule has 11 heavy (non-hydrogen) atoms. The first-order chi connectivity index (χ1) is 8.87. The maximum atomic E-state index is 7.72. The molecule has 3 heteroatoms. The predicted molar refractivity (Wildman–Crippen MR) is 48.8 cm³/mol. The highest BCUT2D eigenvalue weighted by atomic mass is 79.9. The number of aromatic nitrogens is 1. The maximum absolute atomic E-state index is 7.72. The smallest absolute Gasteiger partial charge is 0.0853 e. The number of pyridine rings is 1. The average Bonchev–Trinajstić information content (AvgIpc) is 2.30. The summed E-state index contributed by atoms with van der Waals surface area (Å²) in [4.78, 5) is 3.87. The highest BCUT2D eigenvalue weighted by Gasteiger charge is 2.15. The van der Waals surface area contributed by atoms with Crippen LogP contribution in [0.1, 0.15) is 18.7 Å². The molecular formula is C8H9BrN2. The number of hydrogen-bond acceptors (Lipinski definition) is 2. The van der Waals surface area contributed by atoms with Gasteiger partial charge < -0.3 is 4.90 Å². The van der Waals surface area contributed by atoms with Gasteiger partial charge >= 0.3 is 0 Å². The molecule has 1 aromatic heterocycles. The van der Waals surface area contributed by atoms with E-state index in [-0.39, 0.29) is 10.2 Å². The molecule has 2 rings (SSSR count). The lowest BCUT2D eigenvalue weighted by molar-refractivity contribution is 0.616. The van der Waals surface area contributed by atoms with E-state index in [1.165, 1.54) is 0 Å². The number of halogens is 1. The molecule has 0 aliphatic carbocycles. The molecule has 0 amide bonds. The van der Waals surface area contributed by atoms with Gasteiger partial charge in [-0.15, -0.1) is 0 Å². The van der Waals surface area contributed by atoms with Gasteiger partial charge in [-0.05, 0) is 28.3 Å². The van der Waals surface area contributed by atoms with Crippen molar-refractivity contribution in [3.63, 3.8) is 0 Å². The van der Waals surface area contributed by atoms with Crippen LogP contribution in [0, 0.1) is 0 Å². The van der Waals surface area contributed by atoms with Gasteiger partial charge in [0.05, 0.1) is 14.3 Å². The quantitative estimate of drug-likeness (QED) is 0.722. The number of rotatable bonds is 1. The van der Waals surface area contributed by atoms with Crippen molar-refractivity contribution in [1.82, 2.24) is 4.98 Å². The van der Waals surface area contributed by atoms with E-state index in [4.69, 9.17) is 12.3 Å². The van der Waals surface area contributed by atoms with Gasteiger partial charge in [0.25, 0.3) is 0 Å². The van der Waals surface area contributed by atoms with Crippen LogP contribution in [-0.4, -0.2) is 18.0 Å². The van der Waals surface area contributed by atoms with E-state index in [0.29, 0.717) is 4.90 Å². The Morgan fingerprint density at radius 3 is 3.36 bits per heavy atom. The zero-order chi connectivity index (χ0) is 15.7. The van der Waals surface area contributed by atoms with Crippen LogP contribution in [0.25, 0.3) is 0 Å². The molecule has 1 saturated heterocycles. The van der Waals surface area contributed by atoms with Crippen molar-refractivity contribution in [3.05, 3.63) is 22.9 Å². The lowest BCUT2D eigenvalue weighted by Gasteiger charge is -2.33. The third-order valence-electron chi connectivity index (χ3n) is 1.15. The summed E-state index contributed by atoms with van der Waals surface area (Å²) in [6, 6.07) is -0.573. The molecule has 2 heterocycles. The molecular weight excluding hydrogens is 204 g/mol. The largest absolute Gasteiger partial charge is 0.370 e. The van der Waals surface area contributed by atoms with Crippen LogP contribution >= 0.6 is 15.9 Å². The third kappa shape index (κ3) is 1.25. The second kappa shape index (κ2) is 2.81. The molecule has 0 N–H and O–H groups in total. The van der Waals surface area contributed by atoms with Crippen LogP contribution in [0.2, 0.25) is 0 Å². The van der Waals surface area contributed by atoms with Gasteiger partial charge in [-0.3, -0.25) is 4.98 Å². The number of hydrogen-bond donors (Lipinski definition) is 0. The minimum Gasteiger partial charge on any atom is -0.370 e. The minimum atomic E-state index is -2.79. The SMILES string of the molecule is [2H]c1nc([2H])c(Br)c(N2C([2H])([2H])C([2H])([2H])C2([2H])[2H])c1[2H]. The molecule has 0 radical (unpaired) electrons. The van der Waals surface area contributed by atoms with Crippen LogP contribution in [0.15, 0.2) is 22.9 Å². The maximum Gasteiger partial charge on any atom is 0.0853 e. The molecule has 0 spiro atoms. The van der Waals surface area contributed by atoms with Gasteiger partial charge in [0, 0.05) is 33.6 Å². The van der Waals surface area contributed by atoms with Crippen LogP contribution in [0.3, 0.4) is 0 Å². The molecule has 1 aromatic rings. The Kier molecular flexibility index (Phi) is 0.569. The lowest BCUT2D eigenvalue weighted by atomic mass is 10.2. The molecule has 58 valence electrons. The Bertz CT molecular complexity index is 544. The van der Waals surface area contributed by atoms with Crippen molar-refractivity contribution in [2.75, 3.05) is 17.9 Å². The monoisotopic (exact) mass is 221 g/mol. The topological polar surface area (TPSA) is 16.1 Å². The van der Waals surface area contributed by atoms with Gasteiger partial charge in [0.1, 0.15) is 0 Å².